The lowest BCUT2D eigenvalue weighted by atomic mass is 10.2. The first-order valence-corrected chi connectivity index (χ1v) is 9.90. The molecule has 0 aliphatic rings. The third kappa shape index (κ3) is 4.96. The maximum absolute atomic E-state index is 12.3. The molecular weight excluding hydrogens is 400 g/mol. The van der Waals surface area contributed by atoms with Crippen LogP contribution in [0.2, 0.25) is 0 Å². The zero-order valence-corrected chi connectivity index (χ0v) is 16.3. The topological polar surface area (TPSA) is 143 Å². The summed E-state index contributed by atoms with van der Waals surface area (Å²) in [5.41, 5.74) is 6.28. The molecule has 144 valence electrons. The number of aryl methyl sites for hydroxylation is 1. The highest BCUT2D eigenvalue weighted by Crippen LogP contribution is 2.19. The summed E-state index contributed by atoms with van der Waals surface area (Å²) in [7, 11) is 0. The molecule has 3 rings (SSSR count). The Kier molecular flexibility index (Phi) is 6.06. The van der Waals surface area contributed by atoms with Crippen molar-refractivity contribution in [3.05, 3.63) is 57.3 Å². The van der Waals surface area contributed by atoms with Crippen molar-refractivity contribution in [2.24, 2.45) is 0 Å². The SMILES string of the molecule is Cc1csc(NC(=O)CSc2nc(N)c(NC(=O)c3ccccc3)c(=O)[nH]2)n1. The molecule has 0 aliphatic heterocycles. The number of aromatic nitrogens is 3. The number of hydrogen-bond acceptors (Lipinski definition) is 8. The van der Waals surface area contributed by atoms with Gasteiger partial charge in [-0.05, 0) is 19.1 Å². The molecule has 9 nitrogen and oxygen atoms in total. The molecular formula is C17H16N6O3S2. The van der Waals surface area contributed by atoms with E-state index in [1.54, 1.807) is 30.3 Å². The molecule has 5 N–H and O–H groups in total. The summed E-state index contributed by atoms with van der Waals surface area (Å²) in [4.78, 5) is 47.1. The quantitative estimate of drug-likeness (QED) is 0.356. The summed E-state index contributed by atoms with van der Waals surface area (Å²) in [6.45, 7) is 1.83. The van der Waals surface area contributed by atoms with E-state index in [0.717, 1.165) is 17.5 Å². The molecule has 3 aromatic rings. The lowest BCUT2D eigenvalue weighted by Crippen LogP contribution is -2.23. The molecule has 0 aliphatic carbocycles. The number of nitrogen functional groups attached to an aromatic ring is 1. The van der Waals surface area contributed by atoms with Gasteiger partial charge >= 0.3 is 0 Å². The summed E-state index contributed by atoms with van der Waals surface area (Å²) < 4.78 is 0. The van der Waals surface area contributed by atoms with Gasteiger partial charge in [-0.25, -0.2) is 9.97 Å². The molecule has 0 saturated heterocycles. The molecule has 0 radical (unpaired) electrons. The van der Waals surface area contributed by atoms with Crippen LogP contribution in [0.25, 0.3) is 0 Å². The summed E-state index contributed by atoms with van der Waals surface area (Å²) in [6.07, 6.45) is 0. The van der Waals surface area contributed by atoms with Crippen molar-refractivity contribution in [1.29, 1.82) is 0 Å². The number of anilines is 3. The number of carbonyl (C=O) groups excluding carboxylic acids is 2. The maximum atomic E-state index is 12.3. The Morgan fingerprint density at radius 1 is 1.21 bits per heavy atom. The number of nitrogens with two attached hydrogens (primary N) is 1. The van der Waals surface area contributed by atoms with Gasteiger partial charge in [-0.2, -0.15) is 0 Å². The van der Waals surface area contributed by atoms with E-state index in [-0.39, 0.29) is 28.3 Å². The van der Waals surface area contributed by atoms with E-state index in [9.17, 15) is 14.4 Å². The molecule has 0 bridgehead atoms. The van der Waals surface area contributed by atoms with Crippen LogP contribution in [0, 0.1) is 6.92 Å². The highest BCUT2D eigenvalue weighted by Gasteiger charge is 2.15. The molecule has 0 atom stereocenters. The second-order valence-electron chi connectivity index (χ2n) is 5.58. The van der Waals surface area contributed by atoms with Crippen molar-refractivity contribution >= 4 is 51.5 Å². The second kappa shape index (κ2) is 8.67. The van der Waals surface area contributed by atoms with Crippen molar-refractivity contribution in [2.75, 3.05) is 22.1 Å². The maximum Gasteiger partial charge on any atom is 0.277 e. The predicted molar refractivity (Wildman–Crippen MR) is 110 cm³/mol. The van der Waals surface area contributed by atoms with E-state index in [4.69, 9.17) is 5.73 Å². The predicted octanol–water partition coefficient (Wildman–Crippen LogP) is 2.10. The van der Waals surface area contributed by atoms with Gasteiger partial charge in [-0.15, -0.1) is 11.3 Å². The molecule has 0 fully saturated rings. The molecule has 28 heavy (non-hydrogen) atoms. The van der Waals surface area contributed by atoms with Gasteiger partial charge in [0.1, 0.15) is 5.69 Å². The van der Waals surface area contributed by atoms with E-state index >= 15 is 0 Å². The Morgan fingerprint density at radius 2 is 1.96 bits per heavy atom. The fraction of sp³-hybridized carbons (Fsp3) is 0.118. The Bertz CT molecular complexity index is 1060. The van der Waals surface area contributed by atoms with E-state index in [1.807, 2.05) is 12.3 Å². The molecule has 2 aromatic heterocycles. The van der Waals surface area contributed by atoms with Crippen LogP contribution in [-0.4, -0.2) is 32.5 Å². The minimum absolute atomic E-state index is 0.0106. The number of carbonyl (C=O) groups is 2. The number of hydrogen-bond donors (Lipinski definition) is 4. The number of thioether (sulfide) groups is 1. The van der Waals surface area contributed by atoms with Gasteiger partial charge in [0.05, 0.1) is 11.4 Å². The number of amides is 2. The first-order chi connectivity index (χ1) is 13.4. The molecule has 0 spiro atoms. The average molecular weight is 416 g/mol. The number of nitrogens with one attached hydrogen (secondary N) is 3. The Labute approximate surface area is 167 Å². The van der Waals surface area contributed by atoms with Crippen LogP contribution in [0.5, 0.6) is 0 Å². The Hall–Kier alpha value is -3.18. The third-order valence-electron chi connectivity index (χ3n) is 3.41. The lowest BCUT2D eigenvalue weighted by molar-refractivity contribution is -0.113. The van der Waals surface area contributed by atoms with Gasteiger partial charge < -0.3 is 16.4 Å². The van der Waals surface area contributed by atoms with Crippen LogP contribution in [0.3, 0.4) is 0 Å². The van der Waals surface area contributed by atoms with Crippen LogP contribution < -0.4 is 21.9 Å². The van der Waals surface area contributed by atoms with Crippen LogP contribution in [0.4, 0.5) is 16.6 Å². The summed E-state index contributed by atoms with van der Waals surface area (Å²) in [6, 6.07) is 8.41. The standard InChI is InChI=1S/C17H16N6O3S2/c1-9-7-27-16(19-9)20-11(24)8-28-17-22-13(18)12(15(26)23-17)21-14(25)10-5-3-2-4-6-10/h2-7H,8H2,1H3,(H,21,25)(H,19,20,24)(H3,18,22,23,26). The fourth-order valence-electron chi connectivity index (χ4n) is 2.13. The van der Waals surface area contributed by atoms with Gasteiger partial charge in [0, 0.05) is 10.9 Å². The van der Waals surface area contributed by atoms with Gasteiger partial charge in [0.15, 0.2) is 16.1 Å². The molecule has 11 heteroatoms. The number of benzene rings is 1. The van der Waals surface area contributed by atoms with Gasteiger partial charge in [0.25, 0.3) is 11.5 Å². The first-order valence-electron chi connectivity index (χ1n) is 8.03. The monoisotopic (exact) mass is 416 g/mol. The second-order valence-corrected chi connectivity index (χ2v) is 7.40. The van der Waals surface area contributed by atoms with E-state index in [1.165, 1.54) is 11.3 Å². The molecule has 2 heterocycles. The smallest absolute Gasteiger partial charge is 0.277 e. The molecule has 1 aromatic carbocycles. The van der Waals surface area contributed by atoms with Crippen molar-refractivity contribution in [3.8, 4) is 0 Å². The van der Waals surface area contributed by atoms with E-state index in [2.05, 4.69) is 25.6 Å². The lowest BCUT2D eigenvalue weighted by Gasteiger charge is -2.08. The number of aromatic amines is 1. The zero-order chi connectivity index (χ0) is 20.1. The highest BCUT2D eigenvalue weighted by atomic mass is 32.2. The fourth-order valence-corrected chi connectivity index (χ4v) is 3.51. The zero-order valence-electron chi connectivity index (χ0n) is 14.7. The van der Waals surface area contributed by atoms with Crippen molar-refractivity contribution in [3.63, 3.8) is 0 Å². The summed E-state index contributed by atoms with van der Waals surface area (Å²) >= 11 is 2.34. The number of nitrogens with zero attached hydrogens (tertiary/aromatic N) is 2. The average Bonchev–Trinajstić information content (AvgIpc) is 3.08. The number of rotatable bonds is 6. The van der Waals surface area contributed by atoms with E-state index < -0.39 is 11.5 Å². The summed E-state index contributed by atoms with van der Waals surface area (Å²) in [5.74, 6) is -0.886. The van der Waals surface area contributed by atoms with Crippen LogP contribution in [0.1, 0.15) is 16.1 Å². The first kappa shape index (κ1) is 19.6. The van der Waals surface area contributed by atoms with Crippen LogP contribution in [-0.2, 0) is 4.79 Å². The van der Waals surface area contributed by atoms with Crippen molar-refractivity contribution < 1.29 is 9.59 Å². The molecule has 0 unspecified atom stereocenters. The highest BCUT2D eigenvalue weighted by molar-refractivity contribution is 7.99. The normalized spacial score (nSPS) is 10.5. The van der Waals surface area contributed by atoms with Crippen molar-refractivity contribution in [2.45, 2.75) is 12.1 Å². The number of thiazole rings is 1. The van der Waals surface area contributed by atoms with Crippen LogP contribution >= 0.6 is 23.1 Å². The largest absolute Gasteiger partial charge is 0.382 e. The Balaban J connectivity index is 1.64. The molecule has 2 amide bonds. The number of H-pyrrole nitrogens is 1. The molecule has 0 saturated carbocycles. The minimum Gasteiger partial charge on any atom is -0.382 e. The minimum atomic E-state index is -0.602. The van der Waals surface area contributed by atoms with Crippen molar-refractivity contribution in [1.82, 2.24) is 15.0 Å². The van der Waals surface area contributed by atoms with Gasteiger partial charge in [-0.3, -0.25) is 19.4 Å². The van der Waals surface area contributed by atoms with Gasteiger partial charge in [-0.1, -0.05) is 30.0 Å². The Morgan fingerprint density at radius 3 is 2.61 bits per heavy atom. The van der Waals surface area contributed by atoms with E-state index in [0.29, 0.717) is 10.7 Å². The van der Waals surface area contributed by atoms with Gasteiger partial charge in [0.2, 0.25) is 5.91 Å². The third-order valence-corrected chi connectivity index (χ3v) is 5.15. The summed E-state index contributed by atoms with van der Waals surface area (Å²) in [5, 5.41) is 7.61. The van der Waals surface area contributed by atoms with Crippen LogP contribution in [0.15, 0.2) is 45.7 Å².